The fourth-order valence-corrected chi connectivity index (χ4v) is 4.48. The Kier molecular flexibility index (Phi) is 5.83. The molecule has 0 atom stereocenters. The zero-order valence-electron chi connectivity index (χ0n) is 15.6. The van der Waals surface area contributed by atoms with Crippen LogP contribution in [0.3, 0.4) is 0 Å². The van der Waals surface area contributed by atoms with E-state index in [0.29, 0.717) is 21.9 Å². The van der Waals surface area contributed by atoms with Crippen molar-refractivity contribution in [1.29, 1.82) is 0 Å². The van der Waals surface area contributed by atoms with E-state index in [0.717, 1.165) is 22.6 Å². The van der Waals surface area contributed by atoms with Gasteiger partial charge in [0.2, 0.25) is 4.96 Å². The molecule has 3 aromatic heterocycles. The number of ether oxygens (including phenoxy) is 1. The Balaban J connectivity index is 1.61. The fourth-order valence-electron chi connectivity index (χ4n) is 2.93. The molecular weight excluding hydrogens is 390 g/mol. The van der Waals surface area contributed by atoms with E-state index in [1.54, 1.807) is 11.3 Å². The normalized spacial score (nSPS) is 12.1. The number of rotatable bonds is 8. The Labute approximate surface area is 170 Å². The summed E-state index contributed by atoms with van der Waals surface area (Å²) in [6.45, 7) is 2.89. The van der Waals surface area contributed by atoms with Gasteiger partial charge in [0.05, 0.1) is 16.0 Å². The monoisotopic (exact) mass is 411 g/mol. The summed E-state index contributed by atoms with van der Waals surface area (Å²) in [4.78, 5) is 18.8. The predicted molar refractivity (Wildman–Crippen MR) is 115 cm³/mol. The third-order valence-electron chi connectivity index (χ3n) is 4.38. The maximum atomic E-state index is 12.8. The summed E-state index contributed by atoms with van der Waals surface area (Å²) in [5.41, 5.74) is 0.756. The van der Waals surface area contributed by atoms with Crippen LogP contribution in [0.25, 0.3) is 21.7 Å². The molecule has 0 aliphatic heterocycles. The molecule has 0 radical (unpaired) electrons. The molecule has 7 heteroatoms. The first-order valence-corrected chi connectivity index (χ1v) is 11.1. The van der Waals surface area contributed by atoms with Crippen molar-refractivity contribution in [1.82, 2.24) is 14.6 Å². The molecule has 0 bridgehead atoms. The summed E-state index contributed by atoms with van der Waals surface area (Å²) in [7, 11) is 0. The lowest BCUT2D eigenvalue weighted by atomic mass is 10.2. The largest absolute Gasteiger partial charge is 0.493 e. The Hall–Kier alpha value is -2.51. The zero-order chi connectivity index (χ0) is 19.3. The Morgan fingerprint density at radius 3 is 2.82 bits per heavy atom. The van der Waals surface area contributed by atoms with Crippen molar-refractivity contribution in [2.24, 2.45) is 0 Å². The van der Waals surface area contributed by atoms with Crippen LogP contribution in [0.2, 0.25) is 0 Å². The molecule has 0 unspecified atom stereocenters. The molecule has 0 saturated heterocycles. The molecular formula is C21H21N3O2S2. The van der Waals surface area contributed by atoms with Crippen molar-refractivity contribution in [2.75, 3.05) is 6.61 Å². The quantitative estimate of drug-likeness (QED) is 0.404. The van der Waals surface area contributed by atoms with E-state index in [2.05, 4.69) is 17.0 Å². The number of benzene rings is 1. The molecule has 0 fully saturated rings. The second-order valence-corrected chi connectivity index (χ2v) is 8.43. The van der Waals surface area contributed by atoms with Crippen molar-refractivity contribution in [3.05, 3.63) is 62.2 Å². The first-order chi connectivity index (χ1) is 13.8. The van der Waals surface area contributed by atoms with Crippen LogP contribution in [0.4, 0.5) is 0 Å². The molecule has 0 aliphatic rings. The van der Waals surface area contributed by atoms with Crippen LogP contribution in [0, 0.1) is 0 Å². The number of para-hydroxylation sites is 1. The van der Waals surface area contributed by atoms with Crippen molar-refractivity contribution in [3.63, 3.8) is 0 Å². The molecule has 4 rings (SSSR count). The maximum absolute atomic E-state index is 12.8. The number of hydrogen-bond acceptors (Lipinski definition) is 6. The standard InChI is InChI=1S/C21H21N3O2S2/c1-2-3-4-7-12-26-16-10-6-5-9-15(16)14-18-20(25)24-21(28-18)22-19(23-24)17-11-8-13-27-17/h5-6,8-11,13-14H,2-4,7,12H2,1H3/b18-14-. The van der Waals surface area contributed by atoms with Gasteiger partial charge in [-0.2, -0.15) is 9.50 Å². The van der Waals surface area contributed by atoms with E-state index in [1.807, 2.05) is 47.9 Å². The minimum atomic E-state index is -0.145. The molecule has 0 saturated carbocycles. The number of thiophene rings is 1. The molecule has 0 aliphatic carbocycles. The number of aromatic nitrogens is 3. The topological polar surface area (TPSA) is 56.5 Å². The van der Waals surface area contributed by atoms with E-state index >= 15 is 0 Å². The average Bonchev–Trinajstić information content (AvgIpc) is 3.42. The molecule has 4 aromatic rings. The van der Waals surface area contributed by atoms with Gasteiger partial charge in [0, 0.05) is 5.56 Å². The lowest BCUT2D eigenvalue weighted by Crippen LogP contribution is -2.23. The third kappa shape index (κ3) is 4.00. The Morgan fingerprint density at radius 1 is 1.14 bits per heavy atom. The van der Waals surface area contributed by atoms with E-state index in [4.69, 9.17) is 4.74 Å². The molecule has 3 heterocycles. The number of thiazole rings is 1. The second-order valence-electron chi connectivity index (χ2n) is 6.47. The highest BCUT2D eigenvalue weighted by Gasteiger charge is 2.13. The first-order valence-electron chi connectivity index (χ1n) is 9.43. The van der Waals surface area contributed by atoms with Crippen LogP contribution in [-0.2, 0) is 0 Å². The van der Waals surface area contributed by atoms with E-state index in [1.165, 1.54) is 35.1 Å². The van der Waals surface area contributed by atoms with Crippen LogP contribution in [0.1, 0.15) is 38.2 Å². The smallest absolute Gasteiger partial charge is 0.291 e. The molecule has 0 N–H and O–H groups in total. The van der Waals surface area contributed by atoms with Gasteiger partial charge in [-0.25, -0.2) is 0 Å². The van der Waals surface area contributed by atoms with Gasteiger partial charge in [-0.1, -0.05) is 61.8 Å². The zero-order valence-corrected chi connectivity index (χ0v) is 17.3. The highest BCUT2D eigenvalue weighted by molar-refractivity contribution is 7.15. The SMILES string of the molecule is CCCCCCOc1ccccc1/C=c1\sc2nc(-c3cccs3)nn2c1=O. The van der Waals surface area contributed by atoms with Crippen LogP contribution < -0.4 is 14.8 Å². The molecule has 28 heavy (non-hydrogen) atoms. The highest BCUT2D eigenvalue weighted by atomic mass is 32.1. The average molecular weight is 412 g/mol. The molecule has 144 valence electrons. The van der Waals surface area contributed by atoms with E-state index in [9.17, 15) is 4.79 Å². The summed E-state index contributed by atoms with van der Waals surface area (Å²) in [6, 6.07) is 11.7. The van der Waals surface area contributed by atoms with Crippen molar-refractivity contribution < 1.29 is 4.74 Å². The first kappa shape index (κ1) is 18.8. The summed E-state index contributed by atoms with van der Waals surface area (Å²) in [5, 5.41) is 6.35. The van der Waals surface area contributed by atoms with Crippen molar-refractivity contribution in [2.45, 2.75) is 32.6 Å². The minimum Gasteiger partial charge on any atom is -0.493 e. The van der Waals surface area contributed by atoms with Crippen molar-refractivity contribution in [3.8, 4) is 16.5 Å². The summed E-state index contributed by atoms with van der Waals surface area (Å²) >= 11 is 2.91. The van der Waals surface area contributed by atoms with Gasteiger partial charge in [-0.05, 0) is 30.0 Å². The number of fused-ring (bicyclic) bond motifs is 1. The van der Waals surface area contributed by atoms with E-state index in [-0.39, 0.29) is 5.56 Å². The van der Waals surface area contributed by atoms with E-state index < -0.39 is 0 Å². The van der Waals surface area contributed by atoms with Gasteiger partial charge in [0.25, 0.3) is 5.56 Å². The fraction of sp³-hybridized carbons (Fsp3) is 0.286. The molecule has 5 nitrogen and oxygen atoms in total. The molecule has 1 aromatic carbocycles. The summed E-state index contributed by atoms with van der Waals surface area (Å²) in [5.74, 6) is 1.40. The summed E-state index contributed by atoms with van der Waals surface area (Å²) < 4.78 is 7.95. The van der Waals surface area contributed by atoms with Gasteiger partial charge in [0.1, 0.15) is 5.75 Å². The summed E-state index contributed by atoms with van der Waals surface area (Å²) in [6.07, 6.45) is 6.52. The van der Waals surface area contributed by atoms with Gasteiger partial charge in [-0.15, -0.1) is 16.4 Å². The van der Waals surface area contributed by atoms with Crippen LogP contribution in [-0.4, -0.2) is 21.2 Å². The van der Waals surface area contributed by atoms with Crippen molar-refractivity contribution >= 4 is 33.7 Å². The number of unbranched alkanes of at least 4 members (excludes halogenated alkanes) is 3. The van der Waals surface area contributed by atoms with Gasteiger partial charge in [-0.3, -0.25) is 4.79 Å². The minimum absolute atomic E-state index is 0.145. The lowest BCUT2D eigenvalue weighted by Gasteiger charge is -2.08. The van der Waals surface area contributed by atoms with Gasteiger partial charge in [0.15, 0.2) is 5.82 Å². The maximum Gasteiger partial charge on any atom is 0.291 e. The van der Waals surface area contributed by atoms with Gasteiger partial charge >= 0.3 is 0 Å². The molecule has 0 spiro atoms. The predicted octanol–water partition coefficient (Wildman–Crippen LogP) is 4.39. The number of nitrogens with zero attached hydrogens (tertiary/aromatic N) is 3. The van der Waals surface area contributed by atoms with Crippen LogP contribution in [0.5, 0.6) is 5.75 Å². The Bertz CT molecular complexity index is 1160. The van der Waals surface area contributed by atoms with Crippen LogP contribution in [0.15, 0.2) is 46.6 Å². The highest BCUT2D eigenvalue weighted by Crippen LogP contribution is 2.22. The third-order valence-corrected chi connectivity index (χ3v) is 6.21. The second kappa shape index (κ2) is 8.67. The molecule has 0 amide bonds. The number of hydrogen-bond donors (Lipinski definition) is 0. The van der Waals surface area contributed by atoms with Gasteiger partial charge < -0.3 is 4.74 Å². The Morgan fingerprint density at radius 2 is 2.04 bits per heavy atom. The van der Waals surface area contributed by atoms with Crippen LogP contribution >= 0.6 is 22.7 Å². The lowest BCUT2D eigenvalue weighted by molar-refractivity contribution is 0.304.